The Balaban J connectivity index is 2.53. The van der Waals surface area contributed by atoms with Gasteiger partial charge >= 0.3 is 0 Å². The van der Waals surface area contributed by atoms with E-state index in [-0.39, 0.29) is 10.6 Å². The largest absolute Gasteiger partial charge is 0.383 e. The first-order valence-electron chi connectivity index (χ1n) is 6.63. The number of non-ortho nitro benzene ring substituents is 1. The standard InChI is InChI=1S/C14H22N2O3/c1-3-9-15-13(11-19-2)8-7-12-5-4-6-14(10-12)16(17)18/h4-6,10,13,15H,3,7-9,11H2,1-2H3. The number of methoxy groups -OCH3 is 1. The molecule has 19 heavy (non-hydrogen) atoms. The lowest BCUT2D eigenvalue weighted by molar-refractivity contribution is -0.384. The van der Waals surface area contributed by atoms with E-state index in [1.165, 1.54) is 6.07 Å². The highest BCUT2D eigenvalue weighted by Crippen LogP contribution is 2.15. The minimum absolute atomic E-state index is 0.155. The van der Waals surface area contributed by atoms with Crippen molar-refractivity contribution >= 4 is 5.69 Å². The number of aryl methyl sites for hydroxylation is 1. The molecule has 1 aromatic carbocycles. The monoisotopic (exact) mass is 266 g/mol. The van der Waals surface area contributed by atoms with Crippen molar-refractivity contribution in [2.45, 2.75) is 32.2 Å². The maximum Gasteiger partial charge on any atom is 0.269 e. The lowest BCUT2D eigenvalue weighted by Crippen LogP contribution is -2.34. The summed E-state index contributed by atoms with van der Waals surface area (Å²) in [6, 6.07) is 7.12. The number of hydrogen-bond acceptors (Lipinski definition) is 4. The van der Waals surface area contributed by atoms with Crippen LogP contribution in [-0.2, 0) is 11.2 Å². The summed E-state index contributed by atoms with van der Waals surface area (Å²) in [5.41, 5.74) is 1.15. The first-order chi connectivity index (χ1) is 9.17. The summed E-state index contributed by atoms with van der Waals surface area (Å²) < 4.78 is 5.18. The predicted octanol–water partition coefficient (Wildman–Crippen LogP) is 2.54. The molecule has 1 atom stereocenters. The van der Waals surface area contributed by atoms with E-state index in [2.05, 4.69) is 12.2 Å². The fourth-order valence-electron chi connectivity index (χ4n) is 1.96. The van der Waals surface area contributed by atoms with Gasteiger partial charge < -0.3 is 10.1 Å². The van der Waals surface area contributed by atoms with Crippen LogP contribution in [0.2, 0.25) is 0 Å². The second-order valence-corrected chi connectivity index (χ2v) is 4.57. The van der Waals surface area contributed by atoms with Crippen molar-refractivity contribution in [3.05, 3.63) is 39.9 Å². The fourth-order valence-corrected chi connectivity index (χ4v) is 1.96. The van der Waals surface area contributed by atoms with Gasteiger partial charge in [-0.2, -0.15) is 0 Å². The Morgan fingerprint density at radius 1 is 1.47 bits per heavy atom. The Hall–Kier alpha value is -1.46. The van der Waals surface area contributed by atoms with Gasteiger partial charge in [0.25, 0.3) is 5.69 Å². The molecule has 5 heteroatoms. The summed E-state index contributed by atoms with van der Waals surface area (Å²) in [7, 11) is 1.69. The van der Waals surface area contributed by atoms with Crippen LogP contribution in [0.15, 0.2) is 24.3 Å². The van der Waals surface area contributed by atoms with Crippen molar-refractivity contribution < 1.29 is 9.66 Å². The number of nitrogens with zero attached hydrogens (tertiary/aromatic N) is 1. The minimum Gasteiger partial charge on any atom is -0.383 e. The second kappa shape index (κ2) is 8.61. The van der Waals surface area contributed by atoms with Crippen LogP contribution < -0.4 is 5.32 Å². The van der Waals surface area contributed by atoms with Crippen LogP contribution in [0, 0.1) is 10.1 Å². The van der Waals surface area contributed by atoms with Crippen LogP contribution in [0.3, 0.4) is 0 Å². The van der Waals surface area contributed by atoms with Crippen LogP contribution >= 0.6 is 0 Å². The van der Waals surface area contributed by atoms with Crippen molar-refractivity contribution in [3.8, 4) is 0 Å². The SMILES string of the molecule is CCCNC(CCc1cccc([N+](=O)[O-])c1)COC. The summed E-state index contributed by atoms with van der Waals surface area (Å²) in [5, 5.41) is 14.1. The van der Waals surface area contributed by atoms with Crippen molar-refractivity contribution in [1.82, 2.24) is 5.32 Å². The molecule has 106 valence electrons. The van der Waals surface area contributed by atoms with E-state index in [1.54, 1.807) is 19.2 Å². The van der Waals surface area contributed by atoms with Gasteiger partial charge in [0.15, 0.2) is 0 Å². The van der Waals surface area contributed by atoms with Gasteiger partial charge in [-0.15, -0.1) is 0 Å². The van der Waals surface area contributed by atoms with Gasteiger partial charge in [-0.05, 0) is 31.4 Å². The molecule has 0 radical (unpaired) electrons. The molecule has 0 spiro atoms. The molecule has 0 heterocycles. The second-order valence-electron chi connectivity index (χ2n) is 4.57. The van der Waals surface area contributed by atoms with Crippen LogP contribution in [0.25, 0.3) is 0 Å². The molecular formula is C14H22N2O3. The van der Waals surface area contributed by atoms with Crippen LogP contribution in [-0.4, -0.2) is 31.2 Å². The molecule has 5 nitrogen and oxygen atoms in total. The van der Waals surface area contributed by atoms with E-state index in [0.29, 0.717) is 12.6 Å². The normalized spacial score (nSPS) is 12.3. The molecule has 0 aliphatic rings. The van der Waals surface area contributed by atoms with Crippen LogP contribution in [0.4, 0.5) is 5.69 Å². The Morgan fingerprint density at radius 3 is 2.89 bits per heavy atom. The van der Waals surface area contributed by atoms with Crippen molar-refractivity contribution in [3.63, 3.8) is 0 Å². The Morgan fingerprint density at radius 2 is 2.26 bits per heavy atom. The zero-order chi connectivity index (χ0) is 14.1. The molecule has 0 amide bonds. The Kier molecular flexibility index (Phi) is 7.07. The highest BCUT2D eigenvalue weighted by atomic mass is 16.6. The molecule has 1 rings (SSSR count). The van der Waals surface area contributed by atoms with Crippen LogP contribution in [0.5, 0.6) is 0 Å². The maximum atomic E-state index is 10.7. The Bertz CT molecular complexity index is 396. The first-order valence-corrected chi connectivity index (χ1v) is 6.63. The van der Waals surface area contributed by atoms with E-state index >= 15 is 0 Å². The van der Waals surface area contributed by atoms with Crippen molar-refractivity contribution in [2.24, 2.45) is 0 Å². The molecular weight excluding hydrogens is 244 g/mol. The number of ether oxygens (including phenoxy) is 1. The summed E-state index contributed by atoms with van der Waals surface area (Å²) in [4.78, 5) is 10.4. The van der Waals surface area contributed by atoms with Gasteiger partial charge in [-0.1, -0.05) is 19.1 Å². The quantitative estimate of drug-likeness (QED) is 0.551. The minimum atomic E-state index is -0.356. The lowest BCUT2D eigenvalue weighted by atomic mass is 10.0. The maximum absolute atomic E-state index is 10.7. The summed E-state index contributed by atoms with van der Waals surface area (Å²) in [5.74, 6) is 0. The number of nitrogens with one attached hydrogen (secondary N) is 1. The molecule has 0 bridgehead atoms. The van der Waals surface area contributed by atoms with E-state index in [0.717, 1.165) is 31.4 Å². The number of rotatable bonds is 9. The molecule has 0 aliphatic heterocycles. The number of benzene rings is 1. The fraction of sp³-hybridized carbons (Fsp3) is 0.571. The zero-order valence-corrected chi connectivity index (χ0v) is 11.6. The summed E-state index contributed by atoms with van der Waals surface area (Å²) in [6.45, 7) is 3.75. The third-order valence-corrected chi connectivity index (χ3v) is 2.95. The average Bonchev–Trinajstić information content (AvgIpc) is 2.42. The highest BCUT2D eigenvalue weighted by molar-refractivity contribution is 5.34. The highest BCUT2D eigenvalue weighted by Gasteiger charge is 2.10. The van der Waals surface area contributed by atoms with E-state index in [4.69, 9.17) is 4.74 Å². The molecule has 1 unspecified atom stereocenters. The van der Waals surface area contributed by atoms with E-state index < -0.39 is 0 Å². The zero-order valence-electron chi connectivity index (χ0n) is 11.6. The number of nitro benzene ring substituents is 1. The lowest BCUT2D eigenvalue weighted by Gasteiger charge is -2.17. The number of nitro groups is 1. The molecule has 0 saturated carbocycles. The van der Waals surface area contributed by atoms with Gasteiger partial charge in [0.2, 0.25) is 0 Å². The van der Waals surface area contributed by atoms with E-state index in [1.807, 2.05) is 6.07 Å². The van der Waals surface area contributed by atoms with Gasteiger partial charge in [0.05, 0.1) is 11.5 Å². The molecule has 1 N–H and O–H groups in total. The molecule has 0 saturated heterocycles. The topological polar surface area (TPSA) is 64.4 Å². The summed E-state index contributed by atoms with van der Waals surface area (Å²) in [6.07, 6.45) is 2.80. The Labute approximate surface area is 114 Å². The third kappa shape index (κ3) is 5.81. The summed E-state index contributed by atoms with van der Waals surface area (Å²) >= 11 is 0. The van der Waals surface area contributed by atoms with Gasteiger partial charge in [0.1, 0.15) is 0 Å². The van der Waals surface area contributed by atoms with E-state index in [9.17, 15) is 10.1 Å². The molecule has 0 fully saturated rings. The first kappa shape index (κ1) is 15.6. The van der Waals surface area contributed by atoms with Crippen molar-refractivity contribution in [2.75, 3.05) is 20.3 Å². The predicted molar refractivity (Wildman–Crippen MR) is 75.4 cm³/mol. The van der Waals surface area contributed by atoms with Gasteiger partial charge in [-0.25, -0.2) is 0 Å². The average molecular weight is 266 g/mol. The molecule has 1 aromatic rings. The van der Waals surface area contributed by atoms with Crippen LogP contribution in [0.1, 0.15) is 25.3 Å². The smallest absolute Gasteiger partial charge is 0.269 e. The van der Waals surface area contributed by atoms with Gasteiger partial charge in [-0.3, -0.25) is 10.1 Å². The number of hydrogen-bond donors (Lipinski definition) is 1. The van der Waals surface area contributed by atoms with Gasteiger partial charge in [0, 0.05) is 25.3 Å². The third-order valence-electron chi connectivity index (χ3n) is 2.95. The molecule has 0 aliphatic carbocycles. The van der Waals surface area contributed by atoms with Crippen molar-refractivity contribution in [1.29, 1.82) is 0 Å². The molecule has 0 aromatic heterocycles.